The van der Waals surface area contributed by atoms with Gasteiger partial charge in [-0.2, -0.15) is 15.0 Å². The van der Waals surface area contributed by atoms with Gasteiger partial charge in [0.05, 0.1) is 0 Å². The highest BCUT2D eigenvalue weighted by atomic mass is 35.5. The topological polar surface area (TPSA) is 80.0 Å². The molecule has 0 saturated heterocycles. The number of hydrogen-bond acceptors (Lipinski definition) is 6. The number of anilines is 2. The van der Waals surface area contributed by atoms with Crippen molar-refractivity contribution in [2.75, 3.05) is 31.7 Å². The van der Waals surface area contributed by atoms with E-state index in [0.29, 0.717) is 5.95 Å². The standard InChI is InChI=1S/C9H17ClN6/c1-6(4-5-16(2)3)12-9-14-7(10)13-8(11)15-9/h6H,4-5H2,1-3H3,(H3,11,12,13,14,15). The maximum atomic E-state index is 5.67. The summed E-state index contributed by atoms with van der Waals surface area (Å²) >= 11 is 5.67. The lowest BCUT2D eigenvalue weighted by Gasteiger charge is -2.16. The molecular weight excluding hydrogens is 228 g/mol. The highest BCUT2D eigenvalue weighted by Crippen LogP contribution is 2.08. The molecule has 0 amide bonds. The fraction of sp³-hybridized carbons (Fsp3) is 0.667. The number of nitrogens with one attached hydrogen (secondary N) is 1. The molecule has 0 aromatic carbocycles. The Labute approximate surface area is 100 Å². The summed E-state index contributed by atoms with van der Waals surface area (Å²) in [4.78, 5) is 13.7. The molecule has 0 spiro atoms. The first-order valence-electron chi connectivity index (χ1n) is 5.05. The molecule has 1 atom stereocenters. The van der Waals surface area contributed by atoms with E-state index >= 15 is 0 Å². The van der Waals surface area contributed by atoms with Crippen molar-refractivity contribution < 1.29 is 0 Å². The third-order valence-corrected chi connectivity index (χ3v) is 2.18. The average Bonchev–Trinajstić information content (AvgIpc) is 2.12. The van der Waals surface area contributed by atoms with Crippen LogP contribution in [0.3, 0.4) is 0 Å². The van der Waals surface area contributed by atoms with Crippen LogP contribution in [0.4, 0.5) is 11.9 Å². The van der Waals surface area contributed by atoms with Gasteiger partial charge in [-0.25, -0.2) is 0 Å². The van der Waals surface area contributed by atoms with Crippen LogP contribution in [-0.2, 0) is 0 Å². The summed E-state index contributed by atoms with van der Waals surface area (Å²) < 4.78 is 0. The van der Waals surface area contributed by atoms with E-state index in [0.717, 1.165) is 13.0 Å². The Morgan fingerprint density at radius 1 is 1.38 bits per heavy atom. The number of nitrogens with two attached hydrogens (primary N) is 1. The van der Waals surface area contributed by atoms with Gasteiger partial charge in [-0.15, -0.1) is 0 Å². The Hall–Kier alpha value is -1.14. The number of nitrogen functional groups attached to an aromatic ring is 1. The lowest BCUT2D eigenvalue weighted by atomic mass is 10.2. The molecule has 1 aromatic rings. The SMILES string of the molecule is CC(CCN(C)C)Nc1nc(N)nc(Cl)n1. The largest absolute Gasteiger partial charge is 0.368 e. The second kappa shape index (κ2) is 5.81. The van der Waals surface area contributed by atoms with E-state index in [1.54, 1.807) is 0 Å². The van der Waals surface area contributed by atoms with Gasteiger partial charge in [0.15, 0.2) is 0 Å². The Morgan fingerprint density at radius 3 is 2.62 bits per heavy atom. The maximum Gasteiger partial charge on any atom is 0.229 e. The van der Waals surface area contributed by atoms with Gasteiger partial charge in [-0.3, -0.25) is 0 Å². The number of nitrogens with zero attached hydrogens (tertiary/aromatic N) is 4. The van der Waals surface area contributed by atoms with Crippen LogP contribution in [0.5, 0.6) is 0 Å². The highest BCUT2D eigenvalue weighted by Gasteiger charge is 2.07. The summed E-state index contributed by atoms with van der Waals surface area (Å²) in [6.07, 6.45) is 0.982. The monoisotopic (exact) mass is 244 g/mol. The Morgan fingerprint density at radius 2 is 2.06 bits per heavy atom. The zero-order valence-corrected chi connectivity index (χ0v) is 10.5. The first-order chi connectivity index (χ1) is 7.47. The minimum atomic E-state index is 0.106. The van der Waals surface area contributed by atoms with E-state index in [-0.39, 0.29) is 17.3 Å². The van der Waals surface area contributed by atoms with E-state index in [1.165, 1.54) is 0 Å². The van der Waals surface area contributed by atoms with Crippen LogP contribution in [0.25, 0.3) is 0 Å². The minimum Gasteiger partial charge on any atom is -0.368 e. The molecule has 16 heavy (non-hydrogen) atoms. The van der Waals surface area contributed by atoms with E-state index in [2.05, 4.69) is 32.1 Å². The maximum absolute atomic E-state index is 5.67. The van der Waals surface area contributed by atoms with E-state index in [1.807, 2.05) is 14.1 Å². The summed E-state index contributed by atoms with van der Waals surface area (Å²) in [6.45, 7) is 3.04. The predicted octanol–water partition coefficient (Wildman–Crippen LogP) is 0.859. The molecule has 3 N–H and O–H groups in total. The summed E-state index contributed by atoms with van der Waals surface area (Å²) in [5.74, 6) is 0.547. The normalized spacial score (nSPS) is 12.8. The zero-order chi connectivity index (χ0) is 12.1. The van der Waals surface area contributed by atoms with Gasteiger partial charge >= 0.3 is 0 Å². The van der Waals surface area contributed by atoms with Crippen LogP contribution in [0.15, 0.2) is 0 Å². The summed E-state index contributed by atoms with van der Waals surface area (Å²) in [7, 11) is 4.06. The van der Waals surface area contributed by atoms with Gasteiger partial charge in [0.1, 0.15) is 0 Å². The molecule has 0 radical (unpaired) electrons. The lowest BCUT2D eigenvalue weighted by molar-refractivity contribution is 0.390. The van der Waals surface area contributed by atoms with Crippen LogP contribution in [0.1, 0.15) is 13.3 Å². The van der Waals surface area contributed by atoms with E-state index in [4.69, 9.17) is 17.3 Å². The molecule has 1 unspecified atom stereocenters. The molecule has 0 aliphatic carbocycles. The van der Waals surface area contributed by atoms with Crippen molar-refractivity contribution in [3.05, 3.63) is 5.28 Å². The van der Waals surface area contributed by atoms with Crippen LogP contribution < -0.4 is 11.1 Å². The van der Waals surface area contributed by atoms with Crippen molar-refractivity contribution >= 4 is 23.5 Å². The fourth-order valence-electron chi connectivity index (χ4n) is 1.17. The Kier molecular flexibility index (Phi) is 4.70. The van der Waals surface area contributed by atoms with Crippen molar-refractivity contribution in [1.29, 1.82) is 0 Å². The van der Waals surface area contributed by atoms with Gasteiger partial charge in [-0.1, -0.05) is 0 Å². The molecule has 0 fully saturated rings. The summed E-state index contributed by atoms with van der Waals surface area (Å²) in [6, 6.07) is 0.250. The average molecular weight is 245 g/mol. The molecule has 90 valence electrons. The Balaban J connectivity index is 2.52. The molecule has 0 aliphatic rings. The van der Waals surface area contributed by atoms with E-state index in [9.17, 15) is 0 Å². The quantitative estimate of drug-likeness (QED) is 0.800. The van der Waals surface area contributed by atoms with Crippen molar-refractivity contribution in [1.82, 2.24) is 19.9 Å². The van der Waals surface area contributed by atoms with Gasteiger partial charge in [-0.05, 0) is 45.6 Å². The highest BCUT2D eigenvalue weighted by molar-refractivity contribution is 6.28. The number of halogens is 1. The molecular formula is C9H17ClN6. The molecule has 1 rings (SSSR count). The third-order valence-electron chi connectivity index (χ3n) is 2.01. The second-order valence-electron chi connectivity index (χ2n) is 3.92. The molecule has 7 heteroatoms. The smallest absolute Gasteiger partial charge is 0.229 e. The van der Waals surface area contributed by atoms with Gasteiger partial charge < -0.3 is 16.0 Å². The number of aromatic nitrogens is 3. The molecule has 0 bridgehead atoms. The number of rotatable bonds is 5. The first-order valence-corrected chi connectivity index (χ1v) is 5.43. The third kappa shape index (κ3) is 4.59. The molecule has 1 aromatic heterocycles. The van der Waals surface area contributed by atoms with Gasteiger partial charge in [0, 0.05) is 6.04 Å². The molecule has 0 aliphatic heterocycles. The van der Waals surface area contributed by atoms with Gasteiger partial charge in [0.25, 0.3) is 0 Å². The molecule has 6 nitrogen and oxygen atoms in total. The van der Waals surface area contributed by atoms with Gasteiger partial charge in [0.2, 0.25) is 17.2 Å². The molecule has 1 heterocycles. The lowest BCUT2D eigenvalue weighted by Crippen LogP contribution is -2.24. The second-order valence-corrected chi connectivity index (χ2v) is 4.26. The van der Waals surface area contributed by atoms with Crippen LogP contribution in [-0.4, -0.2) is 46.5 Å². The predicted molar refractivity (Wildman–Crippen MR) is 65.5 cm³/mol. The van der Waals surface area contributed by atoms with Crippen molar-refractivity contribution in [2.24, 2.45) is 0 Å². The van der Waals surface area contributed by atoms with Crippen molar-refractivity contribution in [3.63, 3.8) is 0 Å². The molecule has 0 saturated carbocycles. The van der Waals surface area contributed by atoms with Crippen LogP contribution >= 0.6 is 11.6 Å². The summed E-state index contributed by atoms with van der Waals surface area (Å²) in [5, 5.41) is 3.23. The van der Waals surface area contributed by atoms with Crippen molar-refractivity contribution in [3.8, 4) is 0 Å². The van der Waals surface area contributed by atoms with E-state index < -0.39 is 0 Å². The van der Waals surface area contributed by atoms with Crippen LogP contribution in [0.2, 0.25) is 5.28 Å². The Bertz CT molecular complexity index is 323. The first kappa shape index (κ1) is 12.9. The minimum absolute atomic E-state index is 0.106. The zero-order valence-electron chi connectivity index (χ0n) is 9.74. The summed E-state index contributed by atoms with van der Waals surface area (Å²) in [5.41, 5.74) is 5.46. The number of hydrogen-bond donors (Lipinski definition) is 2. The fourth-order valence-corrected chi connectivity index (χ4v) is 1.34. The van der Waals surface area contributed by atoms with Crippen molar-refractivity contribution in [2.45, 2.75) is 19.4 Å². The van der Waals surface area contributed by atoms with Crippen LogP contribution in [0, 0.1) is 0 Å².